The van der Waals surface area contributed by atoms with Gasteiger partial charge in [-0.25, -0.2) is 0 Å². The molecule has 2 N–H and O–H groups in total. The molecule has 2 unspecified atom stereocenters. The van der Waals surface area contributed by atoms with E-state index in [9.17, 15) is 9.90 Å². The molecule has 92 valence electrons. The van der Waals surface area contributed by atoms with E-state index in [2.05, 4.69) is 5.32 Å². The number of aliphatic hydroxyl groups is 1. The third-order valence-electron chi connectivity index (χ3n) is 3.22. The van der Waals surface area contributed by atoms with Crippen molar-refractivity contribution in [2.45, 2.75) is 32.8 Å². The van der Waals surface area contributed by atoms with Crippen LogP contribution in [0.1, 0.15) is 43.9 Å². The van der Waals surface area contributed by atoms with Crippen molar-refractivity contribution in [1.82, 2.24) is 0 Å². The van der Waals surface area contributed by atoms with Crippen molar-refractivity contribution in [2.75, 3.05) is 5.32 Å². The Labute approximate surface area is 106 Å². The topological polar surface area (TPSA) is 49.3 Å². The molecule has 3 nitrogen and oxygen atoms in total. The Morgan fingerprint density at radius 1 is 1.41 bits per heavy atom. The zero-order chi connectivity index (χ0) is 12.7. The summed E-state index contributed by atoms with van der Waals surface area (Å²) in [6.45, 7) is 5.72. The Morgan fingerprint density at radius 2 is 2.06 bits per heavy atom. The molecule has 1 aliphatic rings. The van der Waals surface area contributed by atoms with Crippen molar-refractivity contribution in [1.29, 1.82) is 0 Å². The van der Waals surface area contributed by atoms with Crippen molar-refractivity contribution in [3.8, 4) is 0 Å². The number of halogens is 1. The highest BCUT2D eigenvalue weighted by atomic mass is 35.5. The molecule has 0 saturated carbocycles. The van der Waals surface area contributed by atoms with Crippen LogP contribution in [0.15, 0.2) is 12.1 Å². The summed E-state index contributed by atoms with van der Waals surface area (Å²) < 4.78 is 0. The van der Waals surface area contributed by atoms with E-state index in [1.807, 2.05) is 26.8 Å². The first-order chi connectivity index (χ1) is 7.91. The average molecular weight is 254 g/mol. The van der Waals surface area contributed by atoms with Crippen molar-refractivity contribution < 1.29 is 9.90 Å². The van der Waals surface area contributed by atoms with E-state index in [-0.39, 0.29) is 17.7 Å². The molecular formula is C13H16ClNO2. The Balaban J connectivity index is 2.48. The van der Waals surface area contributed by atoms with Crippen LogP contribution in [-0.2, 0) is 4.79 Å². The van der Waals surface area contributed by atoms with Gasteiger partial charge in [-0.2, -0.15) is 0 Å². The van der Waals surface area contributed by atoms with Crippen molar-refractivity contribution >= 4 is 23.2 Å². The minimum Gasteiger partial charge on any atom is -0.388 e. The van der Waals surface area contributed by atoms with Crippen molar-refractivity contribution in [3.05, 3.63) is 28.3 Å². The van der Waals surface area contributed by atoms with Crippen LogP contribution in [0, 0.1) is 5.92 Å². The van der Waals surface area contributed by atoms with Gasteiger partial charge < -0.3 is 10.4 Å². The molecular weight excluding hydrogens is 238 g/mol. The van der Waals surface area contributed by atoms with Gasteiger partial charge in [0.25, 0.3) is 0 Å². The summed E-state index contributed by atoms with van der Waals surface area (Å²) >= 11 is 6.13. The molecule has 0 aromatic heterocycles. The Morgan fingerprint density at radius 3 is 2.65 bits per heavy atom. The number of benzene rings is 1. The quantitative estimate of drug-likeness (QED) is 0.851. The second kappa shape index (κ2) is 4.31. The van der Waals surface area contributed by atoms with Crippen molar-refractivity contribution in [3.63, 3.8) is 0 Å². The van der Waals surface area contributed by atoms with Gasteiger partial charge in [-0.05, 0) is 30.0 Å². The van der Waals surface area contributed by atoms with E-state index in [0.29, 0.717) is 10.7 Å². The predicted octanol–water partition coefficient (Wildman–Crippen LogP) is 3.09. The fourth-order valence-electron chi connectivity index (χ4n) is 2.05. The Bertz CT molecular complexity index is 471. The molecule has 1 aromatic carbocycles. The van der Waals surface area contributed by atoms with Gasteiger partial charge in [-0.1, -0.05) is 31.5 Å². The molecule has 1 aliphatic heterocycles. The summed E-state index contributed by atoms with van der Waals surface area (Å²) in [5, 5.41) is 13.3. The van der Waals surface area contributed by atoms with E-state index in [1.54, 1.807) is 6.07 Å². The van der Waals surface area contributed by atoms with Crippen LogP contribution in [-0.4, -0.2) is 11.0 Å². The first-order valence-corrected chi connectivity index (χ1v) is 6.12. The molecule has 1 heterocycles. The first-order valence-electron chi connectivity index (χ1n) is 5.74. The van der Waals surface area contributed by atoms with Gasteiger partial charge in [-0.3, -0.25) is 4.79 Å². The number of carbonyl (C=O) groups excluding carboxylic acids is 1. The average Bonchev–Trinajstić information content (AvgIpc) is 2.55. The molecule has 0 bridgehead atoms. The van der Waals surface area contributed by atoms with Crippen LogP contribution < -0.4 is 5.32 Å². The van der Waals surface area contributed by atoms with E-state index in [0.717, 1.165) is 11.1 Å². The molecule has 0 spiro atoms. The van der Waals surface area contributed by atoms with Crippen LogP contribution in [0.25, 0.3) is 0 Å². The third-order valence-corrected chi connectivity index (χ3v) is 3.52. The highest BCUT2D eigenvalue weighted by molar-refractivity contribution is 6.34. The molecule has 0 fully saturated rings. The van der Waals surface area contributed by atoms with Crippen LogP contribution in [0.2, 0.25) is 5.02 Å². The zero-order valence-corrected chi connectivity index (χ0v) is 10.9. The lowest BCUT2D eigenvalue weighted by molar-refractivity contribution is -0.116. The zero-order valence-electron chi connectivity index (χ0n) is 10.1. The molecule has 2 rings (SSSR count). The molecule has 2 atom stereocenters. The summed E-state index contributed by atoms with van der Waals surface area (Å²) in [6.07, 6.45) is -0.555. The number of hydrogen-bond acceptors (Lipinski definition) is 2. The number of nitrogens with one attached hydrogen (secondary N) is 1. The van der Waals surface area contributed by atoms with Gasteiger partial charge in [0.2, 0.25) is 5.91 Å². The number of rotatable bonds is 2. The van der Waals surface area contributed by atoms with E-state index >= 15 is 0 Å². The Hall–Kier alpha value is -1.06. The van der Waals surface area contributed by atoms with Gasteiger partial charge >= 0.3 is 0 Å². The number of aliphatic hydroxyl groups excluding tert-OH is 1. The second-order valence-corrected chi connectivity index (χ2v) is 5.27. The maximum absolute atomic E-state index is 11.6. The fourth-order valence-corrected chi connectivity index (χ4v) is 2.33. The summed E-state index contributed by atoms with van der Waals surface area (Å²) in [5.74, 6) is -0.135. The van der Waals surface area contributed by atoms with E-state index in [1.165, 1.54) is 0 Å². The minimum absolute atomic E-state index is 0.0434. The largest absolute Gasteiger partial charge is 0.388 e. The summed E-state index contributed by atoms with van der Waals surface area (Å²) in [7, 11) is 0. The van der Waals surface area contributed by atoms with Crippen LogP contribution >= 0.6 is 11.6 Å². The monoisotopic (exact) mass is 253 g/mol. The SMILES string of the molecule is CC1C(=O)Nc2c(Cl)cc(C(O)C(C)C)cc21. The van der Waals surface area contributed by atoms with Gasteiger partial charge in [0.1, 0.15) is 0 Å². The maximum Gasteiger partial charge on any atom is 0.231 e. The number of hydrogen-bond donors (Lipinski definition) is 2. The van der Waals surface area contributed by atoms with Crippen molar-refractivity contribution in [2.24, 2.45) is 5.92 Å². The van der Waals surface area contributed by atoms with Crippen LogP contribution in [0.3, 0.4) is 0 Å². The Kier molecular flexibility index (Phi) is 3.15. The molecule has 1 aromatic rings. The number of fused-ring (bicyclic) bond motifs is 1. The molecule has 4 heteroatoms. The number of carbonyl (C=O) groups is 1. The van der Waals surface area contributed by atoms with E-state index < -0.39 is 6.10 Å². The lowest BCUT2D eigenvalue weighted by atomic mass is 9.94. The van der Waals surface area contributed by atoms with Gasteiger partial charge in [0, 0.05) is 0 Å². The lowest BCUT2D eigenvalue weighted by Crippen LogP contribution is -2.08. The lowest BCUT2D eigenvalue weighted by Gasteiger charge is -2.17. The summed E-state index contributed by atoms with van der Waals surface area (Å²) in [4.78, 5) is 11.6. The van der Waals surface area contributed by atoms with Gasteiger partial charge in [-0.15, -0.1) is 0 Å². The highest BCUT2D eigenvalue weighted by Gasteiger charge is 2.29. The molecule has 17 heavy (non-hydrogen) atoms. The van der Waals surface area contributed by atoms with Crippen LogP contribution in [0.4, 0.5) is 5.69 Å². The standard InChI is InChI=1S/C13H16ClNO2/c1-6(2)12(16)8-4-9-7(3)13(17)15-11(9)10(14)5-8/h4-7,12,16H,1-3H3,(H,15,17). The summed E-state index contributed by atoms with van der Waals surface area (Å²) in [5.41, 5.74) is 2.33. The third kappa shape index (κ3) is 2.05. The maximum atomic E-state index is 11.6. The summed E-state index contributed by atoms with van der Waals surface area (Å²) in [6, 6.07) is 3.60. The van der Waals surface area contributed by atoms with Gasteiger partial charge in [0.15, 0.2) is 0 Å². The second-order valence-electron chi connectivity index (χ2n) is 4.87. The normalized spacial score (nSPS) is 20.4. The number of anilines is 1. The number of amides is 1. The van der Waals surface area contributed by atoms with E-state index in [4.69, 9.17) is 11.6 Å². The fraction of sp³-hybridized carbons (Fsp3) is 0.462. The minimum atomic E-state index is -0.555. The predicted molar refractivity (Wildman–Crippen MR) is 68.3 cm³/mol. The smallest absolute Gasteiger partial charge is 0.231 e. The molecule has 0 saturated heterocycles. The van der Waals surface area contributed by atoms with Crippen LogP contribution in [0.5, 0.6) is 0 Å². The van der Waals surface area contributed by atoms with Gasteiger partial charge in [0.05, 0.1) is 22.7 Å². The molecule has 1 amide bonds. The highest BCUT2D eigenvalue weighted by Crippen LogP contribution is 2.40. The molecule has 0 aliphatic carbocycles. The first kappa shape index (κ1) is 12.4. The molecule has 0 radical (unpaired) electrons.